The van der Waals surface area contributed by atoms with Crippen LogP contribution in [0, 0.1) is 0 Å². The van der Waals surface area contributed by atoms with E-state index in [9.17, 15) is 9.90 Å². The molecule has 0 amide bonds. The van der Waals surface area contributed by atoms with E-state index >= 15 is 0 Å². The second-order valence-corrected chi connectivity index (χ2v) is 5.24. The maximum Gasteiger partial charge on any atom is 0.320 e. The SMILES string of the molecule is CCCC(NCC(c1ccccc1)N(CC)CC)C(=O)O. The third kappa shape index (κ3) is 5.48. The van der Waals surface area contributed by atoms with E-state index in [1.165, 1.54) is 5.56 Å². The Balaban J connectivity index is 2.80. The van der Waals surface area contributed by atoms with Gasteiger partial charge in [-0.25, -0.2) is 0 Å². The standard InChI is InChI=1S/C17H28N2O2/c1-4-10-15(17(20)21)18-13-16(19(5-2)6-3)14-11-8-7-9-12-14/h7-9,11-12,15-16,18H,4-6,10,13H2,1-3H3,(H,20,21). The van der Waals surface area contributed by atoms with Gasteiger partial charge < -0.3 is 10.4 Å². The zero-order valence-electron chi connectivity index (χ0n) is 13.4. The number of carboxylic acid groups (broad SMARTS) is 1. The summed E-state index contributed by atoms with van der Waals surface area (Å²) >= 11 is 0. The Hall–Kier alpha value is -1.39. The van der Waals surface area contributed by atoms with Crippen LogP contribution >= 0.6 is 0 Å². The van der Waals surface area contributed by atoms with Crippen LogP contribution in [0.1, 0.15) is 45.2 Å². The van der Waals surface area contributed by atoms with Crippen LogP contribution in [0.5, 0.6) is 0 Å². The van der Waals surface area contributed by atoms with Gasteiger partial charge in [0.15, 0.2) is 0 Å². The zero-order valence-corrected chi connectivity index (χ0v) is 13.4. The summed E-state index contributed by atoms with van der Waals surface area (Å²) in [7, 11) is 0. The first-order chi connectivity index (χ1) is 10.1. The van der Waals surface area contributed by atoms with Gasteiger partial charge in [0.2, 0.25) is 0 Å². The molecule has 1 aromatic rings. The molecule has 0 fully saturated rings. The Morgan fingerprint density at radius 1 is 1.19 bits per heavy atom. The van der Waals surface area contributed by atoms with Gasteiger partial charge in [-0.2, -0.15) is 0 Å². The molecule has 118 valence electrons. The van der Waals surface area contributed by atoms with Crippen LogP contribution in [0.25, 0.3) is 0 Å². The molecule has 0 saturated heterocycles. The third-order valence-electron chi connectivity index (χ3n) is 3.87. The van der Waals surface area contributed by atoms with Crippen molar-refractivity contribution in [2.45, 2.75) is 45.7 Å². The molecule has 2 unspecified atom stereocenters. The van der Waals surface area contributed by atoms with Gasteiger partial charge in [-0.05, 0) is 25.1 Å². The monoisotopic (exact) mass is 292 g/mol. The van der Waals surface area contributed by atoms with Crippen LogP contribution in [0.2, 0.25) is 0 Å². The summed E-state index contributed by atoms with van der Waals surface area (Å²) < 4.78 is 0. The van der Waals surface area contributed by atoms with E-state index in [0.29, 0.717) is 13.0 Å². The molecule has 0 aliphatic heterocycles. The van der Waals surface area contributed by atoms with Gasteiger partial charge in [-0.15, -0.1) is 0 Å². The van der Waals surface area contributed by atoms with Crippen molar-refractivity contribution < 1.29 is 9.90 Å². The summed E-state index contributed by atoms with van der Waals surface area (Å²) in [5, 5.41) is 12.5. The maximum atomic E-state index is 11.3. The van der Waals surface area contributed by atoms with Gasteiger partial charge >= 0.3 is 5.97 Å². The van der Waals surface area contributed by atoms with E-state index in [-0.39, 0.29) is 6.04 Å². The highest BCUT2D eigenvalue weighted by Crippen LogP contribution is 2.19. The molecule has 2 N–H and O–H groups in total. The minimum atomic E-state index is -0.761. The summed E-state index contributed by atoms with van der Waals surface area (Å²) in [5.74, 6) is -0.761. The molecular weight excluding hydrogens is 264 g/mol. The number of benzene rings is 1. The smallest absolute Gasteiger partial charge is 0.320 e. The summed E-state index contributed by atoms with van der Waals surface area (Å²) in [6, 6.07) is 10.0. The number of hydrogen-bond donors (Lipinski definition) is 2. The Kier molecular flexibility index (Phi) is 8.01. The predicted octanol–water partition coefficient (Wildman–Crippen LogP) is 2.91. The summed E-state index contributed by atoms with van der Waals surface area (Å²) in [6.45, 7) is 8.84. The Morgan fingerprint density at radius 3 is 2.29 bits per heavy atom. The highest BCUT2D eigenvalue weighted by molar-refractivity contribution is 5.73. The topological polar surface area (TPSA) is 52.6 Å². The molecule has 0 bridgehead atoms. The molecule has 0 radical (unpaired) electrons. The molecule has 0 aliphatic carbocycles. The van der Waals surface area contributed by atoms with Crippen LogP contribution < -0.4 is 5.32 Å². The normalized spacial score (nSPS) is 14.1. The lowest BCUT2D eigenvalue weighted by Gasteiger charge is -2.31. The second kappa shape index (κ2) is 9.53. The molecule has 4 heteroatoms. The molecule has 0 aliphatic rings. The van der Waals surface area contributed by atoms with E-state index in [0.717, 1.165) is 19.5 Å². The zero-order chi connectivity index (χ0) is 15.7. The first-order valence-electron chi connectivity index (χ1n) is 7.89. The average molecular weight is 292 g/mol. The van der Waals surface area contributed by atoms with Gasteiger partial charge in [0.1, 0.15) is 6.04 Å². The molecule has 2 atom stereocenters. The fourth-order valence-electron chi connectivity index (χ4n) is 2.65. The molecule has 0 spiro atoms. The maximum absolute atomic E-state index is 11.3. The number of nitrogens with one attached hydrogen (secondary N) is 1. The lowest BCUT2D eigenvalue weighted by Crippen LogP contribution is -2.43. The van der Waals surface area contributed by atoms with Crippen LogP contribution in [0.15, 0.2) is 30.3 Å². The highest BCUT2D eigenvalue weighted by atomic mass is 16.4. The molecular formula is C17H28N2O2. The van der Waals surface area contributed by atoms with Gasteiger partial charge in [-0.1, -0.05) is 57.5 Å². The van der Waals surface area contributed by atoms with E-state index in [2.05, 4.69) is 36.2 Å². The Morgan fingerprint density at radius 2 is 1.81 bits per heavy atom. The van der Waals surface area contributed by atoms with Crippen LogP contribution in [-0.4, -0.2) is 41.7 Å². The average Bonchev–Trinajstić information content (AvgIpc) is 2.50. The Labute approximate surface area is 128 Å². The van der Waals surface area contributed by atoms with Gasteiger partial charge in [0.25, 0.3) is 0 Å². The van der Waals surface area contributed by atoms with Crippen molar-refractivity contribution in [3.8, 4) is 0 Å². The number of nitrogens with zero attached hydrogens (tertiary/aromatic N) is 1. The van der Waals surface area contributed by atoms with E-state index in [1.54, 1.807) is 0 Å². The van der Waals surface area contributed by atoms with Gasteiger partial charge in [0, 0.05) is 12.6 Å². The summed E-state index contributed by atoms with van der Waals surface area (Å²) in [5.41, 5.74) is 1.23. The van der Waals surface area contributed by atoms with Crippen molar-refractivity contribution in [1.82, 2.24) is 10.2 Å². The van der Waals surface area contributed by atoms with Crippen LogP contribution in [0.4, 0.5) is 0 Å². The largest absolute Gasteiger partial charge is 0.480 e. The van der Waals surface area contributed by atoms with Gasteiger partial charge in [0.05, 0.1) is 0 Å². The third-order valence-corrected chi connectivity index (χ3v) is 3.87. The summed E-state index contributed by atoms with van der Waals surface area (Å²) in [4.78, 5) is 13.6. The minimum absolute atomic E-state index is 0.208. The lowest BCUT2D eigenvalue weighted by molar-refractivity contribution is -0.139. The first-order valence-corrected chi connectivity index (χ1v) is 7.89. The van der Waals surface area contributed by atoms with Crippen molar-refractivity contribution in [1.29, 1.82) is 0 Å². The molecule has 0 aromatic heterocycles. The first kappa shape index (κ1) is 17.7. The second-order valence-electron chi connectivity index (χ2n) is 5.24. The number of aliphatic carboxylic acids is 1. The number of likely N-dealkylation sites (N-methyl/N-ethyl adjacent to an activating group) is 1. The molecule has 0 saturated carbocycles. The van der Waals surface area contributed by atoms with Crippen LogP contribution in [-0.2, 0) is 4.79 Å². The molecule has 1 rings (SSSR count). The number of carboxylic acids is 1. The molecule has 0 heterocycles. The number of rotatable bonds is 10. The van der Waals surface area contributed by atoms with E-state index in [4.69, 9.17) is 0 Å². The van der Waals surface area contributed by atoms with Crippen molar-refractivity contribution >= 4 is 5.97 Å². The molecule has 21 heavy (non-hydrogen) atoms. The lowest BCUT2D eigenvalue weighted by atomic mass is 10.0. The molecule has 1 aromatic carbocycles. The molecule has 4 nitrogen and oxygen atoms in total. The Bertz CT molecular complexity index is 405. The quantitative estimate of drug-likeness (QED) is 0.696. The van der Waals surface area contributed by atoms with Gasteiger partial charge in [-0.3, -0.25) is 9.69 Å². The van der Waals surface area contributed by atoms with Crippen molar-refractivity contribution in [3.63, 3.8) is 0 Å². The fraction of sp³-hybridized carbons (Fsp3) is 0.588. The van der Waals surface area contributed by atoms with E-state index < -0.39 is 12.0 Å². The van der Waals surface area contributed by atoms with Crippen LogP contribution in [0.3, 0.4) is 0 Å². The van der Waals surface area contributed by atoms with Crippen molar-refractivity contribution in [2.24, 2.45) is 0 Å². The number of carbonyl (C=O) groups is 1. The summed E-state index contributed by atoms with van der Waals surface area (Å²) in [6.07, 6.45) is 1.53. The van der Waals surface area contributed by atoms with Crippen molar-refractivity contribution in [3.05, 3.63) is 35.9 Å². The minimum Gasteiger partial charge on any atom is -0.480 e. The highest BCUT2D eigenvalue weighted by Gasteiger charge is 2.21. The van der Waals surface area contributed by atoms with Crippen molar-refractivity contribution in [2.75, 3.05) is 19.6 Å². The van der Waals surface area contributed by atoms with E-state index in [1.807, 2.05) is 25.1 Å². The number of hydrogen-bond acceptors (Lipinski definition) is 3. The fourth-order valence-corrected chi connectivity index (χ4v) is 2.65. The predicted molar refractivity (Wildman–Crippen MR) is 86.4 cm³/mol.